The predicted molar refractivity (Wildman–Crippen MR) is 150 cm³/mol. The first-order valence-corrected chi connectivity index (χ1v) is 12.3. The molecule has 40 heavy (non-hydrogen) atoms. The Morgan fingerprint density at radius 1 is 1.07 bits per heavy atom. The Kier molecular flexibility index (Phi) is 10.3. The Morgan fingerprint density at radius 2 is 1.80 bits per heavy atom. The van der Waals surface area contributed by atoms with E-state index in [1.807, 2.05) is 13.0 Å². The minimum atomic E-state index is -0.393. The van der Waals surface area contributed by atoms with Crippen LogP contribution in [-0.4, -0.2) is 69.9 Å². The van der Waals surface area contributed by atoms with Gasteiger partial charge < -0.3 is 46.5 Å². The normalized spacial score (nSPS) is 11.2. The number of carbonyl (C=O) groups is 2. The van der Waals surface area contributed by atoms with Crippen LogP contribution in [0, 0.1) is 6.92 Å². The summed E-state index contributed by atoms with van der Waals surface area (Å²) in [4.78, 5) is 26.8. The Bertz CT molecular complexity index is 1380. The van der Waals surface area contributed by atoms with Gasteiger partial charge in [0.25, 0.3) is 11.8 Å². The van der Waals surface area contributed by atoms with Crippen LogP contribution in [0.5, 0.6) is 11.5 Å². The number of likely N-dealkylation sites (N-methyl/N-ethyl adjacent to an activating group) is 1. The number of rotatable bonds is 12. The van der Waals surface area contributed by atoms with Crippen molar-refractivity contribution in [2.45, 2.75) is 20.1 Å². The lowest BCUT2D eigenvalue weighted by Gasteiger charge is -2.19. The maximum Gasteiger partial charge on any atom is 0.260 e. The number of carbonyl (C=O) groups excluding carboxylic acids is 2. The molecule has 8 N–H and O–H groups in total. The van der Waals surface area contributed by atoms with Crippen LogP contribution < -0.4 is 21.1 Å². The van der Waals surface area contributed by atoms with Gasteiger partial charge in [-0.3, -0.25) is 9.59 Å². The molecule has 3 rings (SSSR count). The van der Waals surface area contributed by atoms with Gasteiger partial charge in [-0.05, 0) is 61.0 Å². The van der Waals surface area contributed by atoms with Crippen LogP contribution in [0.4, 0.5) is 11.4 Å². The fraction of sp³-hybridized carbons (Fsp3) is 0.250. The number of benzene rings is 3. The number of hydrogen-bond donors (Lipinski definition) is 7. The maximum absolute atomic E-state index is 13.2. The molecule has 2 amide bonds. The van der Waals surface area contributed by atoms with E-state index >= 15 is 0 Å². The SMILES string of the molecule is Cc1ccc(NCc2cc(CO)cc(O)c2OCC(=O)N(C)CCO)c(C(=O)Nc2ccc(/C(N)=N/O)cc2)c1. The van der Waals surface area contributed by atoms with Crippen molar-refractivity contribution < 1.29 is 34.9 Å². The van der Waals surface area contributed by atoms with Crippen LogP contribution in [0.15, 0.2) is 59.8 Å². The van der Waals surface area contributed by atoms with E-state index in [4.69, 9.17) is 20.8 Å². The van der Waals surface area contributed by atoms with E-state index in [0.717, 1.165) is 5.56 Å². The molecule has 0 aromatic heterocycles. The quantitative estimate of drug-likeness (QED) is 0.0763. The van der Waals surface area contributed by atoms with Crippen LogP contribution in [0.25, 0.3) is 0 Å². The lowest BCUT2D eigenvalue weighted by Crippen LogP contribution is -2.33. The van der Waals surface area contributed by atoms with Gasteiger partial charge in [0.1, 0.15) is 0 Å². The molecule has 3 aromatic rings. The van der Waals surface area contributed by atoms with Gasteiger partial charge in [0.05, 0.1) is 18.8 Å². The number of phenols is 1. The number of ether oxygens (including phenoxy) is 1. The van der Waals surface area contributed by atoms with E-state index in [2.05, 4.69) is 15.8 Å². The Morgan fingerprint density at radius 3 is 2.45 bits per heavy atom. The van der Waals surface area contributed by atoms with E-state index in [1.54, 1.807) is 42.5 Å². The summed E-state index contributed by atoms with van der Waals surface area (Å²) in [5.74, 6) is -1.03. The number of phenolic OH excluding ortho intramolecular Hbond substituents is 1. The molecule has 3 aromatic carbocycles. The average molecular weight is 552 g/mol. The first-order chi connectivity index (χ1) is 19.2. The third kappa shape index (κ3) is 7.62. The fourth-order valence-corrected chi connectivity index (χ4v) is 3.82. The molecule has 0 radical (unpaired) electrons. The third-order valence-electron chi connectivity index (χ3n) is 6.03. The Hall–Kier alpha value is -4.81. The molecule has 0 fully saturated rings. The number of aliphatic hydroxyl groups is 2. The summed E-state index contributed by atoms with van der Waals surface area (Å²) in [7, 11) is 1.52. The van der Waals surface area contributed by atoms with Crippen LogP contribution in [0.2, 0.25) is 0 Å². The molecular weight excluding hydrogens is 518 g/mol. The van der Waals surface area contributed by atoms with Crippen molar-refractivity contribution in [1.82, 2.24) is 4.90 Å². The second-order valence-corrected chi connectivity index (χ2v) is 9.01. The van der Waals surface area contributed by atoms with E-state index in [1.165, 1.54) is 18.0 Å². The number of amidine groups is 1. The van der Waals surface area contributed by atoms with Gasteiger partial charge in [0, 0.05) is 42.6 Å². The molecule has 0 aliphatic heterocycles. The number of anilines is 2. The molecule has 0 saturated carbocycles. The first-order valence-electron chi connectivity index (χ1n) is 12.3. The lowest BCUT2D eigenvalue weighted by atomic mass is 10.1. The van der Waals surface area contributed by atoms with Crippen molar-refractivity contribution in [1.29, 1.82) is 0 Å². The molecule has 0 atom stereocenters. The zero-order valence-corrected chi connectivity index (χ0v) is 22.2. The molecule has 212 valence electrons. The zero-order chi connectivity index (χ0) is 29.2. The number of aromatic hydroxyl groups is 1. The molecule has 0 spiro atoms. The van der Waals surface area contributed by atoms with E-state index in [0.29, 0.717) is 33.6 Å². The zero-order valence-electron chi connectivity index (χ0n) is 22.2. The molecule has 0 aliphatic rings. The summed E-state index contributed by atoms with van der Waals surface area (Å²) in [5, 5.41) is 47.0. The first kappa shape index (κ1) is 29.7. The lowest BCUT2D eigenvalue weighted by molar-refractivity contribution is -0.132. The van der Waals surface area contributed by atoms with Crippen LogP contribution >= 0.6 is 0 Å². The molecule has 0 aliphatic carbocycles. The highest BCUT2D eigenvalue weighted by Crippen LogP contribution is 2.33. The molecule has 0 bridgehead atoms. The van der Waals surface area contributed by atoms with Crippen molar-refractivity contribution in [3.05, 3.63) is 82.4 Å². The fourth-order valence-electron chi connectivity index (χ4n) is 3.82. The van der Waals surface area contributed by atoms with Crippen molar-refractivity contribution >= 4 is 29.0 Å². The summed E-state index contributed by atoms with van der Waals surface area (Å²) in [6, 6.07) is 14.7. The number of aryl methyl sites for hydroxylation is 1. The molecular formula is C28H33N5O7. The van der Waals surface area contributed by atoms with Gasteiger partial charge >= 0.3 is 0 Å². The van der Waals surface area contributed by atoms with E-state index in [-0.39, 0.29) is 56.2 Å². The number of nitrogens with two attached hydrogens (primary N) is 1. The van der Waals surface area contributed by atoms with Crippen molar-refractivity contribution in [3.8, 4) is 11.5 Å². The number of nitrogens with one attached hydrogen (secondary N) is 2. The van der Waals surface area contributed by atoms with E-state index in [9.17, 15) is 19.8 Å². The van der Waals surface area contributed by atoms with Crippen molar-refractivity contribution in [2.75, 3.05) is 37.4 Å². The second kappa shape index (κ2) is 13.8. The number of hydrogen-bond acceptors (Lipinski definition) is 9. The highest BCUT2D eigenvalue weighted by Gasteiger charge is 2.18. The molecule has 12 heteroatoms. The molecule has 0 saturated heterocycles. The topological polar surface area (TPSA) is 190 Å². The van der Waals surface area contributed by atoms with Gasteiger partial charge in [-0.15, -0.1) is 0 Å². The molecule has 0 unspecified atom stereocenters. The summed E-state index contributed by atoms with van der Waals surface area (Å²) < 4.78 is 5.64. The van der Waals surface area contributed by atoms with Gasteiger partial charge in [0.15, 0.2) is 23.9 Å². The minimum absolute atomic E-state index is 0.0516. The smallest absolute Gasteiger partial charge is 0.260 e. The summed E-state index contributed by atoms with van der Waals surface area (Å²) in [5.41, 5.74) is 9.17. The number of nitrogens with zero attached hydrogens (tertiary/aromatic N) is 2. The van der Waals surface area contributed by atoms with Crippen molar-refractivity contribution in [2.24, 2.45) is 10.9 Å². The predicted octanol–water partition coefficient (Wildman–Crippen LogP) is 1.98. The average Bonchev–Trinajstić information content (AvgIpc) is 2.95. The number of amides is 2. The largest absolute Gasteiger partial charge is 0.504 e. The Balaban J connectivity index is 1.81. The summed E-state index contributed by atoms with van der Waals surface area (Å²) in [6.45, 7) is 1.19. The standard InChI is InChI=1S/C28H33N5O7/c1-17-3-8-23(22(11-17)28(38)31-21-6-4-19(5-7-21)27(29)32-39)30-14-20-12-18(15-35)13-24(36)26(20)40-16-25(37)33(2)9-10-34/h3-8,11-13,30,34-36,39H,9-10,14-16H2,1-2H3,(H2,29,32)(H,31,38). The highest BCUT2D eigenvalue weighted by molar-refractivity contribution is 6.08. The van der Waals surface area contributed by atoms with Gasteiger partial charge in [-0.1, -0.05) is 16.8 Å². The summed E-state index contributed by atoms with van der Waals surface area (Å²) in [6.07, 6.45) is 0. The van der Waals surface area contributed by atoms with Crippen molar-refractivity contribution in [3.63, 3.8) is 0 Å². The van der Waals surface area contributed by atoms with E-state index < -0.39 is 5.91 Å². The minimum Gasteiger partial charge on any atom is -0.504 e. The highest BCUT2D eigenvalue weighted by atomic mass is 16.5. The van der Waals surface area contributed by atoms with Gasteiger partial charge in [-0.2, -0.15) is 0 Å². The van der Waals surface area contributed by atoms with Gasteiger partial charge in [-0.25, -0.2) is 0 Å². The molecule has 0 heterocycles. The number of oxime groups is 1. The monoisotopic (exact) mass is 551 g/mol. The third-order valence-corrected chi connectivity index (χ3v) is 6.03. The van der Waals surface area contributed by atoms with Crippen LogP contribution in [0.3, 0.4) is 0 Å². The second-order valence-electron chi connectivity index (χ2n) is 9.01. The Labute approximate surface area is 231 Å². The molecule has 12 nitrogen and oxygen atoms in total. The van der Waals surface area contributed by atoms with Crippen LogP contribution in [-0.2, 0) is 17.9 Å². The van der Waals surface area contributed by atoms with Gasteiger partial charge in [0.2, 0.25) is 0 Å². The maximum atomic E-state index is 13.2. The number of aliphatic hydroxyl groups excluding tert-OH is 2. The summed E-state index contributed by atoms with van der Waals surface area (Å²) >= 11 is 0. The van der Waals surface area contributed by atoms with Crippen LogP contribution in [0.1, 0.15) is 32.6 Å².